The van der Waals surface area contributed by atoms with E-state index in [9.17, 15) is 4.21 Å². The Morgan fingerprint density at radius 2 is 2.05 bits per heavy atom. The van der Waals surface area contributed by atoms with Crippen molar-refractivity contribution in [3.63, 3.8) is 0 Å². The van der Waals surface area contributed by atoms with Gasteiger partial charge in [0, 0.05) is 18.8 Å². The molecule has 5 heteroatoms. The van der Waals surface area contributed by atoms with Crippen molar-refractivity contribution < 1.29 is 4.21 Å². The molecule has 2 saturated carbocycles. The first-order valence-electron chi connectivity index (χ1n) is 6.94. The maximum Gasteiger partial charge on any atom is 0.140 e. The first kappa shape index (κ1) is 12.9. The van der Waals surface area contributed by atoms with Crippen molar-refractivity contribution in [3.05, 3.63) is 24.3 Å². The summed E-state index contributed by atoms with van der Waals surface area (Å²) >= 11 is 0. The lowest BCUT2D eigenvalue weighted by atomic mass is 9.95. The van der Waals surface area contributed by atoms with Crippen LogP contribution in [-0.2, 0) is 9.92 Å². The van der Waals surface area contributed by atoms with Gasteiger partial charge in [0.2, 0.25) is 0 Å². The number of nitrogens with zero attached hydrogens (tertiary/aromatic N) is 2. The van der Waals surface area contributed by atoms with Gasteiger partial charge in [-0.1, -0.05) is 6.07 Å². The fraction of sp³-hybridized carbons (Fsp3) is 0.571. The molecule has 3 rings (SSSR count). The van der Waals surface area contributed by atoms with E-state index in [2.05, 4.69) is 4.36 Å². The van der Waals surface area contributed by atoms with Crippen LogP contribution in [0.1, 0.15) is 32.1 Å². The second kappa shape index (κ2) is 4.80. The van der Waals surface area contributed by atoms with E-state index in [-0.39, 0.29) is 6.04 Å². The Morgan fingerprint density at radius 1 is 1.32 bits per heavy atom. The third-order valence-electron chi connectivity index (χ3n) is 3.98. The molecule has 0 radical (unpaired) electrons. The summed E-state index contributed by atoms with van der Waals surface area (Å²) in [4.78, 5) is 0.758. The van der Waals surface area contributed by atoms with Gasteiger partial charge in [0.1, 0.15) is 9.92 Å². The van der Waals surface area contributed by atoms with Gasteiger partial charge < -0.3 is 5.73 Å². The molecule has 2 fully saturated rings. The Balaban J connectivity index is 2.04. The molecule has 4 nitrogen and oxygen atoms in total. The van der Waals surface area contributed by atoms with Crippen LogP contribution < -0.4 is 5.73 Å². The van der Waals surface area contributed by atoms with E-state index < -0.39 is 9.92 Å². The quantitative estimate of drug-likeness (QED) is 0.861. The van der Waals surface area contributed by atoms with Gasteiger partial charge in [0.05, 0.1) is 10.9 Å². The number of benzene rings is 1. The van der Waals surface area contributed by atoms with Gasteiger partial charge in [0.15, 0.2) is 0 Å². The molecule has 0 bridgehead atoms. The fourth-order valence-corrected chi connectivity index (χ4v) is 4.69. The lowest BCUT2D eigenvalue weighted by Gasteiger charge is -2.27. The van der Waals surface area contributed by atoms with Gasteiger partial charge in [-0.3, -0.25) is 0 Å². The molecule has 0 aromatic heterocycles. The second-order valence-electron chi connectivity index (χ2n) is 5.54. The summed E-state index contributed by atoms with van der Waals surface area (Å²) in [5, 5.41) is 0. The van der Waals surface area contributed by atoms with E-state index in [0.717, 1.165) is 30.6 Å². The lowest BCUT2D eigenvalue weighted by Crippen LogP contribution is -2.31. The Kier molecular flexibility index (Phi) is 3.27. The highest BCUT2D eigenvalue weighted by Crippen LogP contribution is 2.34. The summed E-state index contributed by atoms with van der Waals surface area (Å²) < 4.78 is 20.1. The summed E-state index contributed by atoms with van der Waals surface area (Å²) in [7, 11) is -0.552. The van der Waals surface area contributed by atoms with E-state index in [1.54, 1.807) is 0 Å². The van der Waals surface area contributed by atoms with E-state index in [0.29, 0.717) is 11.7 Å². The molecule has 1 aromatic carbocycles. The van der Waals surface area contributed by atoms with Crippen molar-refractivity contribution in [2.75, 3.05) is 12.8 Å². The molecule has 1 aromatic rings. The summed E-state index contributed by atoms with van der Waals surface area (Å²) in [6.07, 6.45) is 5.58. The molecule has 0 saturated heterocycles. The minimum atomic E-state index is -2.49. The Bertz CT molecular complexity index is 584. The van der Waals surface area contributed by atoms with Gasteiger partial charge in [-0.25, -0.2) is 12.9 Å². The zero-order chi connectivity index (χ0) is 13.5. The SMILES string of the molecule is CN(C1CC1)S(=O)(=NC1CCC1)c1cccc(N)c1. The van der Waals surface area contributed by atoms with Gasteiger partial charge in [-0.05, 0) is 50.3 Å². The molecular formula is C14H21N3OS. The predicted octanol–water partition coefficient (Wildman–Crippen LogP) is 2.66. The van der Waals surface area contributed by atoms with Crippen LogP contribution in [0.4, 0.5) is 5.69 Å². The molecule has 2 N–H and O–H groups in total. The van der Waals surface area contributed by atoms with Gasteiger partial charge in [-0.2, -0.15) is 0 Å². The smallest absolute Gasteiger partial charge is 0.140 e. The van der Waals surface area contributed by atoms with Gasteiger partial charge in [0.25, 0.3) is 0 Å². The first-order chi connectivity index (χ1) is 9.09. The number of rotatable bonds is 4. The molecule has 0 amide bonds. The predicted molar refractivity (Wildman–Crippen MR) is 78.1 cm³/mol. The highest BCUT2D eigenvalue weighted by atomic mass is 32.2. The van der Waals surface area contributed by atoms with Crippen molar-refractivity contribution in [1.29, 1.82) is 0 Å². The molecule has 1 unspecified atom stereocenters. The topological polar surface area (TPSA) is 58.7 Å². The highest BCUT2D eigenvalue weighted by molar-refractivity contribution is 7.91. The first-order valence-corrected chi connectivity index (χ1v) is 8.41. The zero-order valence-corrected chi connectivity index (χ0v) is 12.1. The average molecular weight is 279 g/mol. The van der Waals surface area contributed by atoms with Gasteiger partial charge >= 0.3 is 0 Å². The van der Waals surface area contributed by atoms with E-state index in [4.69, 9.17) is 5.73 Å². The summed E-state index contributed by atoms with van der Waals surface area (Å²) in [5.74, 6) is 0. The van der Waals surface area contributed by atoms with Crippen LogP contribution in [0.25, 0.3) is 0 Å². The molecule has 104 valence electrons. The van der Waals surface area contributed by atoms with E-state index in [1.165, 1.54) is 6.42 Å². The molecule has 2 aliphatic rings. The molecule has 1 atom stereocenters. The minimum Gasteiger partial charge on any atom is -0.399 e. The van der Waals surface area contributed by atoms with Gasteiger partial charge in [-0.15, -0.1) is 0 Å². The molecule has 0 spiro atoms. The molecule has 0 heterocycles. The average Bonchev–Trinajstić information content (AvgIpc) is 3.17. The summed E-state index contributed by atoms with van der Waals surface area (Å²) in [6, 6.07) is 8.06. The third-order valence-corrected chi connectivity index (χ3v) is 6.51. The summed E-state index contributed by atoms with van der Waals surface area (Å²) in [6.45, 7) is 0. The Labute approximate surface area is 115 Å². The lowest BCUT2D eigenvalue weighted by molar-refractivity contribution is 0.415. The van der Waals surface area contributed by atoms with Crippen LogP contribution in [0.3, 0.4) is 0 Å². The van der Waals surface area contributed by atoms with Crippen LogP contribution in [0.5, 0.6) is 0 Å². The number of nitrogen functional groups attached to an aromatic ring is 1. The highest BCUT2D eigenvalue weighted by Gasteiger charge is 2.35. The van der Waals surface area contributed by atoms with Crippen LogP contribution in [-0.4, -0.2) is 27.6 Å². The number of nitrogens with two attached hydrogens (primary N) is 1. The van der Waals surface area contributed by atoms with Crippen LogP contribution in [0.2, 0.25) is 0 Å². The third kappa shape index (κ3) is 2.49. The normalized spacial score (nSPS) is 22.8. The molecule has 2 aliphatic carbocycles. The number of hydrogen-bond acceptors (Lipinski definition) is 3. The summed E-state index contributed by atoms with van der Waals surface area (Å²) in [5.41, 5.74) is 6.49. The molecule has 19 heavy (non-hydrogen) atoms. The zero-order valence-electron chi connectivity index (χ0n) is 11.3. The number of anilines is 1. The number of hydrogen-bond donors (Lipinski definition) is 1. The van der Waals surface area contributed by atoms with E-state index >= 15 is 0 Å². The van der Waals surface area contributed by atoms with Crippen molar-refractivity contribution >= 4 is 15.6 Å². The second-order valence-corrected chi connectivity index (χ2v) is 7.79. The van der Waals surface area contributed by atoms with Crippen LogP contribution >= 0.6 is 0 Å². The largest absolute Gasteiger partial charge is 0.399 e. The maximum atomic E-state index is 13.4. The molecule has 0 aliphatic heterocycles. The van der Waals surface area contributed by atoms with Crippen molar-refractivity contribution in [1.82, 2.24) is 4.31 Å². The fourth-order valence-electron chi connectivity index (χ4n) is 2.32. The van der Waals surface area contributed by atoms with Crippen molar-refractivity contribution in [2.24, 2.45) is 4.36 Å². The maximum absolute atomic E-state index is 13.4. The molecular weight excluding hydrogens is 258 g/mol. The van der Waals surface area contributed by atoms with Crippen molar-refractivity contribution in [3.8, 4) is 0 Å². The Morgan fingerprint density at radius 3 is 2.58 bits per heavy atom. The van der Waals surface area contributed by atoms with Crippen molar-refractivity contribution in [2.45, 2.75) is 49.1 Å². The monoisotopic (exact) mass is 279 g/mol. The van der Waals surface area contributed by atoms with Crippen LogP contribution in [0, 0.1) is 0 Å². The van der Waals surface area contributed by atoms with E-state index in [1.807, 2.05) is 35.6 Å². The minimum absolute atomic E-state index is 0.259. The van der Waals surface area contributed by atoms with Crippen LogP contribution in [0.15, 0.2) is 33.5 Å². The Hall–Kier alpha value is -1.07. The standard InChI is InChI=1S/C14H21N3OS/c1-17(13-8-9-13)19(18,16-12-5-3-6-12)14-7-2-4-11(15)10-14/h2,4,7,10,12-13H,3,5-6,8-9,15H2,1H3.